The molecule has 0 saturated carbocycles. The van der Waals surface area contributed by atoms with Crippen molar-refractivity contribution in [3.05, 3.63) is 35.9 Å². The summed E-state index contributed by atoms with van der Waals surface area (Å²) in [7, 11) is 0. The molecule has 1 N–H and O–H groups in total. The van der Waals surface area contributed by atoms with E-state index in [4.69, 9.17) is 0 Å². The number of hydrogen-bond donors (Lipinski definition) is 1. The van der Waals surface area contributed by atoms with E-state index in [-0.39, 0.29) is 5.91 Å². The highest BCUT2D eigenvalue weighted by Crippen LogP contribution is 2.12. The fraction of sp³-hybridized carbons (Fsp3) is 0.417. The van der Waals surface area contributed by atoms with Crippen molar-refractivity contribution in [3.8, 4) is 0 Å². The van der Waals surface area contributed by atoms with Gasteiger partial charge in [0.25, 0.3) is 0 Å². The van der Waals surface area contributed by atoms with E-state index in [0.29, 0.717) is 13.1 Å². The lowest BCUT2D eigenvalue weighted by Crippen LogP contribution is -2.35. The molecule has 1 aliphatic heterocycles. The van der Waals surface area contributed by atoms with Gasteiger partial charge in [0, 0.05) is 24.7 Å². The smallest absolute Gasteiger partial charge is 0.234 e. The Labute approximate surface area is 100 Å². The zero-order chi connectivity index (χ0) is 11.2. The van der Waals surface area contributed by atoms with Crippen LogP contribution in [0.4, 0.5) is 0 Å². The molecule has 16 heavy (non-hydrogen) atoms. The second-order valence-corrected chi connectivity index (χ2v) is 4.93. The van der Waals surface area contributed by atoms with Gasteiger partial charge in [-0.25, -0.2) is 0 Å². The summed E-state index contributed by atoms with van der Waals surface area (Å²) in [6.07, 6.45) is 0. The van der Waals surface area contributed by atoms with E-state index >= 15 is 0 Å². The number of benzene rings is 1. The number of nitrogens with zero attached hydrogens (tertiary/aromatic N) is 1. The van der Waals surface area contributed by atoms with Crippen LogP contribution >= 0.6 is 11.8 Å². The van der Waals surface area contributed by atoms with Crippen LogP contribution in [-0.2, 0) is 11.3 Å². The monoisotopic (exact) mass is 236 g/mol. The summed E-state index contributed by atoms with van der Waals surface area (Å²) in [6.45, 7) is 2.18. The van der Waals surface area contributed by atoms with E-state index in [1.807, 2.05) is 42.1 Å². The van der Waals surface area contributed by atoms with Crippen molar-refractivity contribution in [1.82, 2.24) is 10.2 Å². The number of amides is 1. The van der Waals surface area contributed by atoms with Gasteiger partial charge in [-0.15, -0.1) is 11.8 Å². The van der Waals surface area contributed by atoms with Gasteiger partial charge >= 0.3 is 0 Å². The first kappa shape index (κ1) is 11.5. The van der Waals surface area contributed by atoms with Crippen LogP contribution in [-0.4, -0.2) is 35.5 Å². The third-order valence-electron chi connectivity index (χ3n) is 2.53. The fourth-order valence-electron chi connectivity index (χ4n) is 1.63. The number of nitrogens with one attached hydrogen (secondary N) is 1. The number of carbonyl (C=O) groups is 1. The molecule has 0 spiro atoms. The molecule has 1 saturated heterocycles. The Balaban J connectivity index is 1.71. The number of hydrogen-bond acceptors (Lipinski definition) is 3. The van der Waals surface area contributed by atoms with Crippen LogP contribution in [0.3, 0.4) is 0 Å². The molecule has 1 amide bonds. The average molecular weight is 236 g/mol. The molecule has 0 unspecified atom stereocenters. The van der Waals surface area contributed by atoms with E-state index in [1.54, 1.807) is 0 Å². The van der Waals surface area contributed by atoms with E-state index < -0.39 is 0 Å². The highest BCUT2D eigenvalue weighted by molar-refractivity contribution is 7.99. The van der Waals surface area contributed by atoms with E-state index in [0.717, 1.165) is 23.7 Å². The Morgan fingerprint density at radius 2 is 2.19 bits per heavy atom. The highest BCUT2D eigenvalue weighted by Gasteiger charge is 2.14. The first-order valence-electron chi connectivity index (χ1n) is 5.45. The Morgan fingerprint density at radius 3 is 2.88 bits per heavy atom. The topological polar surface area (TPSA) is 32.3 Å². The van der Waals surface area contributed by atoms with Crippen molar-refractivity contribution in [2.75, 3.05) is 24.7 Å². The first-order chi connectivity index (χ1) is 7.84. The largest absolute Gasteiger partial charge is 0.351 e. The maximum absolute atomic E-state index is 11.6. The summed E-state index contributed by atoms with van der Waals surface area (Å²) in [6, 6.07) is 9.99. The van der Waals surface area contributed by atoms with E-state index in [2.05, 4.69) is 10.2 Å². The van der Waals surface area contributed by atoms with Crippen molar-refractivity contribution in [3.63, 3.8) is 0 Å². The summed E-state index contributed by atoms with van der Waals surface area (Å²) < 4.78 is 0. The molecule has 86 valence electrons. The highest BCUT2D eigenvalue weighted by atomic mass is 32.2. The van der Waals surface area contributed by atoms with Gasteiger partial charge in [-0.2, -0.15) is 0 Å². The van der Waals surface area contributed by atoms with Crippen LogP contribution in [0.25, 0.3) is 0 Å². The molecule has 0 radical (unpaired) electrons. The quantitative estimate of drug-likeness (QED) is 0.855. The van der Waals surface area contributed by atoms with Gasteiger partial charge < -0.3 is 5.32 Å². The standard InChI is InChI=1S/C12H16N2OS/c15-12(9-14-6-7-16-10-14)13-8-11-4-2-1-3-5-11/h1-5H,6-10H2,(H,13,15). The maximum atomic E-state index is 11.6. The molecule has 1 fully saturated rings. The molecular weight excluding hydrogens is 220 g/mol. The van der Waals surface area contributed by atoms with Crippen molar-refractivity contribution in [2.24, 2.45) is 0 Å². The Kier molecular flexibility index (Phi) is 4.25. The normalized spacial score (nSPS) is 16.2. The molecule has 4 heteroatoms. The third-order valence-corrected chi connectivity index (χ3v) is 3.54. The predicted molar refractivity (Wildman–Crippen MR) is 67.2 cm³/mol. The Hall–Kier alpha value is -1.00. The van der Waals surface area contributed by atoms with Crippen LogP contribution in [0.15, 0.2) is 30.3 Å². The van der Waals surface area contributed by atoms with E-state index in [1.165, 1.54) is 0 Å². The molecule has 2 rings (SSSR count). The van der Waals surface area contributed by atoms with Gasteiger partial charge in [0.15, 0.2) is 0 Å². The SMILES string of the molecule is O=C(CN1CCSC1)NCc1ccccc1. The maximum Gasteiger partial charge on any atom is 0.234 e. The van der Waals surface area contributed by atoms with Crippen molar-refractivity contribution in [2.45, 2.75) is 6.54 Å². The van der Waals surface area contributed by atoms with Crippen LogP contribution in [0.1, 0.15) is 5.56 Å². The molecular formula is C12H16N2OS. The summed E-state index contributed by atoms with van der Waals surface area (Å²) in [5.41, 5.74) is 1.15. The Bertz CT molecular complexity index is 336. The van der Waals surface area contributed by atoms with Gasteiger partial charge in [0.05, 0.1) is 6.54 Å². The molecule has 0 bridgehead atoms. The van der Waals surface area contributed by atoms with Gasteiger partial charge in [-0.05, 0) is 5.56 Å². The van der Waals surface area contributed by atoms with E-state index in [9.17, 15) is 4.79 Å². The third kappa shape index (κ3) is 3.54. The first-order valence-corrected chi connectivity index (χ1v) is 6.61. The van der Waals surface area contributed by atoms with Crippen LogP contribution in [0.5, 0.6) is 0 Å². The summed E-state index contributed by atoms with van der Waals surface area (Å²) in [4.78, 5) is 13.8. The second kappa shape index (κ2) is 5.92. The van der Waals surface area contributed by atoms with Crippen molar-refractivity contribution in [1.29, 1.82) is 0 Å². The summed E-state index contributed by atoms with van der Waals surface area (Å²) in [5.74, 6) is 2.25. The van der Waals surface area contributed by atoms with Gasteiger partial charge in [-0.1, -0.05) is 30.3 Å². The lowest BCUT2D eigenvalue weighted by Gasteiger charge is -2.13. The van der Waals surface area contributed by atoms with Crippen molar-refractivity contribution < 1.29 is 4.79 Å². The van der Waals surface area contributed by atoms with Gasteiger partial charge in [-0.3, -0.25) is 9.69 Å². The van der Waals surface area contributed by atoms with Crippen LogP contribution in [0, 0.1) is 0 Å². The summed E-state index contributed by atoms with van der Waals surface area (Å²) >= 11 is 1.88. The second-order valence-electron chi connectivity index (χ2n) is 3.85. The predicted octanol–water partition coefficient (Wildman–Crippen LogP) is 1.31. The molecule has 0 aromatic heterocycles. The number of carbonyl (C=O) groups excluding carboxylic acids is 1. The Morgan fingerprint density at radius 1 is 1.38 bits per heavy atom. The molecule has 1 aromatic carbocycles. The molecule has 3 nitrogen and oxygen atoms in total. The minimum Gasteiger partial charge on any atom is -0.351 e. The fourth-order valence-corrected chi connectivity index (χ4v) is 2.63. The molecule has 0 atom stereocenters. The van der Waals surface area contributed by atoms with Gasteiger partial charge in [0.2, 0.25) is 5.91 Å². The zero-order valence-corrected chi connectivity index (χ0v) is 10.0. The lowest BCUT2D eigenvalue weighted by molar-refractivity contribution is -0.122. The zero-order valence-electron chi connectivity index (χ0n) is 9.19. The number of rotatable bonds is 4. The molecule has 1 heterocycles. The minimum absolute atomic E-state index is 0.117. The minimum atomic E-state index is 0.117. The van der Waals surface area contributed by atoms with Crippen LogP contribution < -0.4 is 5.32 Å². The van der Waals surface area contributed by atoms with Gasteiger partial charge in [0.1, 0.15) is 0 Å². The lowest BCUT2D eigenvalue weighted by atomic mass is 10.2. The molecule has 0 aliphatic carbocycles. The number of thioether (sulfide) groups is 1. The molecule has 1 aliphatic rings. The average Bonchev–Trinajstić information content (AvgIpc) is 2.81. The molecule has 1 aromatic rings. The summed E-state index contributed by atoms with van der Waals surface area (Å²) in [5, 5.41) is 2.94. The van der Waals surface area contributed by atoms with Crippen LogP contribution in [0.2, 0.25) is 0 Å². The van der Waals surface area contributed by atoms with Crippen molar-refractivity contribution >= 4 is 17.7 Å².